The smallest absolute Gasteiger partial charge is 0.318 e. The molecule has 0 unspecified atom stereocenters. The van der Waals surface area contributed by atoms with E-state index in [4.69, 9.17) is 54.2 Å². The van der Waals surface area contributed by atoms with Gasteiger partial charge in [0.1, 0.15) is 11.8 Å². The van der Waals surface area contributed by atoms with Gasteiger partial charge < -0.3 is 30.7 Å². The van der Waals surface area contributed by atoms with Crippen LogP contribution in [0.15, 0.2) is 78.6 Å². The second kappa shape index (κ2) is 16.8. The third kappa shape index (κ3) is 9.81. The highest BCUT2D eigenvalue weighted by atomic mass is 16.5. The number of hydrogen-bond acceptors (Lipinski definition) is 5. The summed E-state index contributed by atoms with van der Waals surface area (Å²) in [5.41, 5.74) is -8.56. The normalized spacial score (nSPS) is 39.7. The van der Waals surface area contributed by atoms with Crippen LogP contribution >= 0.6 is 0 Å². The number of rotatable bonds is 16. The fourth-order valence-electron chi connectivity index (χ4n) is 2.84. The van der Waals surface area contributed by atoms with Gasteiger partial charge in [0.25, 0.3) is 5.91 Å². The van der Waals surface area contributed by atoms with Crippen LogP contribution in [0.2, 0.25) is 4.24 Å². The molecule has 46 heavy (non-hydrogen) atoms. The zero-order valence-corrected chi connectivity index (χ0v) is 22.3. The van der Waals surface area contributed by atoms with Gasteiger partial charge in [0, 0.05) is 53.3 Å². The molecule has 0 radical (unpaired) electrons. The first-order valence-electron chi connectivity index (χ1n) is 35.5. The van der Waals surface area contributed by atoms with Crippen molar-refractivity contribution in [2.24, 2.45) is 5.89 Å². The number of amides is 4. The minimum atomic E-state index is -6.28. The van der Waals surface area contributed by atoms with E-state index in [9.17, 15) is 21.3 Å². The molecule has 1 heterocycles. The van der Waals surface area contributed by atoms with Crippen molar-refractivity contribution in [1.82, 2.24) is 20.8 Å². The van der Waals surface area contributed by atoms with Crippen molar-refractivity contribution in [2.45, 2.75) is 77.0 Å². The maximum Gasteiger partial charge on any atom is 0.318 e. The van der Waals surface area contributed by atoms with Gasteiger partial charge in [-0.2, -0.15) is 0 Å². The van der Waals surface area contributed by atoms with Crippen LogP contribution in [0.4, 0.5) is 4.79 Å². The second-order valence-corrected chi connectivity index (χ2v) is 7.70. The van der Waals surface area contributed by atoms with E-state index in [0.717, 1.165) is 0 Å². The van der Waals surface area contributed by atoms with E-state index in [0.29, 0.717) is 0 Å². The van der Waals surface area contributed by atoms with Gasteiger partial charge in [-0.05, 0) is 67.3 Å². The largest absolute Gasteiger partial charge is 0.483 e. The zero-order valence-electron chi connectivity index (χ0n) is 70.3. The third-order valence-electron chi connectivity index (χ3n) is 4.66. The first kappa shape index (κ1) is 8.01. The standard InChI is InChI=1S/C37H48N4O5/c1-25(2)34(41-20-12-19-38-37(41)45)36(44)39-30(21-28-15-7-5-8-16-28)23-32(42)31(22-29-17-9-6-10-18-29)40-33(43)24-46-35-26(3)13-11-14-27(35)4/h5-11,13-18,25,30-32,34,42H,12,19-24H2,1-4H3,(H,38,45)(H,39,44)(H,40,43)/t30-,31-,32+,34-/m1/s1/i1D3,2D3,3D3,4D3,5D,6D,7D,8D,9D,10D,11D,12D2,13D,14D,15D,16D,17D,18D,19D2,20D2,21D2,22D2,23D2,24D2,25D,30D,31D,32D,34D,42D/hD3. The van der Waals surface area contributed by atoms with E-state index in [-0.39, 0.29) is 0 Å². The zero-order chi connectivity index (χ0) is 74.8. The van der Waals surface area contributed by atoms with Gasteiger partial charge in [0.15, 0.2) is 10.8 Å². The molecule has 3 aromatic rings. The van der Waals surface area contributed by atoms with Gasteiger partial charge in [-0.25, -0.2) is 4.79 Å². The molecular weight excluding hydrogens is 580 g/mol. The van der Waals surface area contributed by atoms with Gasteiger partial charge in [0.2, 0.25) is 7.34 Å². The van der Waals surface area contributed by atoms with Gasteiger partial charge in [-0.1, -0.05) is 92.3 Å². The highest BCUT2D eigenvalue weighted by molar-refractivity contribution is 5.87. The van der Waals surface area contributed by atoms with Crippen LogP contribution in [0.5, 0.6) is 5.75 Å². The van der Waals surface area contributed by atoms with Crippen LogP contribution in [0.3, 0.4) is 0 Å². The molecular formula is C37H48N4O5. The molecule has 0 saturated carbocycles. The SMILES string of the molecule is [2H]O[C@@]([2H])(C([2H])([2H])[C@]([2H])(N([2H])C(=O)[C@]([2H])(N1C(=O)N([2H])C([2H])([2H])C([2H])([2H])C1([2H])[2H])C([2H])(C([2H])([2H])[2H])C([2H])([2H])[2H])C([2H])([2H])c1c([2H])c([2H])c([2H])c([2H])c1[2H])[C@]([2H])(N([2H])C(=O)C([2H])([2H])Oc1c(C([2H])([2H])[2H])c([2H])c([2H])c([2H])c1C([2H])([2H])[2H])C([2H])([2H])c1c([2H])c([2H])c([2H])c([2H])c1[2H]. The van der Waals surface area contributed by atoms with Crippen LogP contribution in [0, 0.1) is 19.6 Å². The lowest BCUT2D eigenvalue weighted by atomic mass is 9.92. The van der Waals surface area contributed by atoms with Crippen LogP contribution in [0.1, 0.15) is 109 Å². The summed E-state index contributed by atoms with van der Waals surface area (Å²) in [5.74, 6) is -15.2. The first-order chi connectivity index (χ1) is 41.3. The Morgan fingerprint density at radius 1 is 1.09 bits per heavy atom. The maximum absolute atomic E-state index is 15.9. The molecule has 4 N–H and O–H groups in total. The fourth-order valence-corrected chi connectivity index (χ4v) is 2.84. The molecule has 1 fully saturated rings. The molecule has 9 nitrogen and oxygen atoms in total. The summed E-state index contributed by atoms with van der Waals surface area (Å²) in [5, 5.41) is -1.30. The fraction of sp³-hybridized carbons (Fsp3) is 0.432. The summed E-state index contributed by atoms with van der Waals surface area (Å²) in [6.45, 7) is -33.3. The molecule has 1 saturated heterocycles. The summed E-state index contributed by atoms with van der Waals surface area (Å²) in [4.78, 5) is 43.5. The van der Waals surface area contributed by atoms with Crippen molar-refractivity contribution in [3.8, 4) is 5.75 Å². The Labute approximate surface area is 340 Å². The molecule has 0 aromatic heterocycles. The molecule has 1 aliphatic rings. The van der Waals surface area contributed by atoms with Crippen molar-refractivity contribution in [3.63, 3.8) is 0 Å². The van der Waals surface area contributed by atoms with E-state index >= 15 is 9.59 Å². The van der Waals surface area contributed by atoms with Crippen LogP contribution in [-0.4, -0.2) is 73.0 Å². The molecule has 0 spiro atoms. The minimum absolute atomic E-state index is 1.39. The van der Waals surface area contributed by atoms with Crippen molar-refractivity contribution in [3.05, 3.63) is 101 Å². The Morgan fingerprint density at radius 3 is 2.39 bits per heavy atom. The number of para-hydroxylation sites is 1. The second-order valence-electron chi connectivity index (χ2n) is 7.70. The van der Waals surface area contributed by atoms with Crippen molar-refractivity contribution < 1.29 is 88.8 Å². The molecule has 4 rings (SSSR count). The van der Waals surface area contributed by atoms with Crippen LogP contribution < -0.4 is 20.7 Å². The van der Waals surface area contributed by atoms with Crippen molar-refractivity contribution in [2.75, 3.05) is 19.6 Å². The summed E-state index contributed by atoms with van der Waals surface area (Å²) in [6, 6.07) is -45.3. The van der Waals surface area contributed by atoms with Gasteiger partial charge in [0.05, 0.1) is 38.1 Å². The number of urea groups is 1. The van der Waals surface area contributed by atoms with Crippen molar-refractivity contribution in [1.29, 1.82) is 1.43 Å². The van der Waals surface area contributed by atoms with Crippen LogP contribution in [-0.2, 0) is 22.3 Å². The Hall–Kier alpha value is -4.37. The molecule has 0 aliphatic carbocycles. The van der Waals surface area contributed by atoms with E-state index in [2.05, 4.69) is 5.11 Å². The predicted octanol–water partition coefficient (Wildman–Crippen LogP) is 4.33. The topological polar surface area (TPSA) is 120 Å². The monoisotopic (exact) mass is 677 g/mol. The summed E-state index contributed by atoms with van der Waals surface area (Å²) in [7, 11) is 0. The molecule has 3 aromatic carbocycles. The lowest BCUT2D eigenvalue weighted by Gasteiger charge is -2.37. The number of ether oxygens (including phenoxy) is 1. The number of hydrogen-bond donors (Lipinski definition) is 4. The average molecular weight is 677 g/mol. The van der Waals surface area contributed by atoms with E-state index in [1.165, 1.54) is 0 Å². The number of carbonyl (C=O) groups is 3. The van der Waals surface area contributed by atoms with Gasteiger partial charge >= 0.3 is 6.03 Å². The molecule has 9 heteroatoms. The molecule has 4 amide bonds. The minimum Gasteiger partial charge on any atom is -0.483 e. The third-order valence-corrected chi connectivity index (χ3v) is 4.66. The average Bonchev–Trinajstić information content (AvgIpc) is 0.669. The Bertz CT molecular complexity index is 3470. The Kier molecular flexibility index (Phi) is 2.93. The van der Waals surface area contributed by atoms with Gasteiger partial charge in [-0.3, -0.25) is 9.59 Å². The van der Waals surface area contributed by atoms with E-state index < -0.39 is 248 Å². The lowest BCUT2D eigenvalue weighted by molar-refractivity contribution is -0.128. The molecule has 4 atom stereocenters. The Balaban J connectivity index is 2.54. The highest BCUT2D eigenvalue weighted by Gasteiger charge is 2.35. The van der Waals surface area contributed by atoms with Crippen molar-refractivity contribution >= 4 is 17.8 Å². The number of nitrogens with zero attached hydrogens (tertiary/aromatic N) is 1. The van der Waals surface area contributed by atoms with Gasteiger partial charge in [-0.15, -0.1) is 0 Å². The summed E-state index contributed by atoms with van der Waals surface area (Å²) in [6.07, 6.45) is -28.3. The molecule has 246 valence electrons. The quantitative estimate of drug-likeness (QED) is 0.180. The summed E-state index contributed by atoms with van der Waals surface area (Å²) < 4.78 is 419. The summed E-state index contributed by atoms with van der Waals surface area (Å²) >= 11 is 0. The number of benzene rings is 3. The van der Waals surface area contributed by atoms with E-state index in [1.807, 2.05) is 0 Å². The molecule has 0 bridgehead atoms. The maximum atomic E-state index is 15.9. The highest BCUT2D eigenvalue weighted by Crippen LogP contribution is 2.22. The molecule has 1 aliphatic heterocycles. The number of aliphatic hydroxyl groups is 1. The number of carbonyl (C=O) groups excluding carboxylic acids is 3. The predicted molar refractivity (Wildman–Crippen MR) is 180 cm³/mol. The van der Waals surface area contributed by atoms with Crippen LogP contribution in [0.25, 0.3) is 0 Å². The first-order valence-corrected chi connectivity index (χ1v) is 11.7. The lowest BCUT2D eigenvalue weighted by Crippen LogP contribution is -2.59. The van der Waals surface area contributed by atoms with E-state index in [1.54, 1.807) is 0 Å². The Morgan fingerprint density at radius 2 is 1.76 bits per heavy atom. The number of nitrogens with one attached hydrogen (secondary N) is 3.